The monoisotopic (exact) mass is 339 g/mol. The molecule has 0 spiro atoms. The molecule has 0 heterocycles. The molecular weight excluding hydrogens is 326 g/mol. The Bertz CT molecular complexity index is 888. The Morgan fingerprint density at radius 3 is 2.21 bits per heavy atom. The fraction of sp³-hybridized carbons (Fsp3) is 0.111. The van der Waals surface area contributed by atoms with Gasteiger partial charge < -0.3 is 5.32 Å². The van der Waals surface area contributed by atoms with E-state index >= 15 is 0 Å². The van der Waals surface area contributed by atoms with Crippen LogP contribution in [0.3, 0.4) is 0 Å². The van der Waals surface area contributed by atoms with Crippen LogP contribution in [0.2, 0.25) is 0 Å². The average Bonchev–Trinajstić information content (AvgIpc) is 2.58. The van der Waals surface area contributed by atoms with Crippen molar-refractivity contribution in [2.24, 2.45) is 0 Å². The second-order valence-electron chi connectivity index (χ2n) is 5.26. The summed E-state index contributed by atoms with van der Waals surface area (Å²) >= 11 is 0.883. The SMILES string of the molecule is CC(=O)SCC(=O)Nc1cccc2c1C(=O)c1ccccc1C2=O. The number of benzene rings is 2. The Hall–Kier alpha value is -2.73. The number of carbonyl (C=O) groups excluding carboxylic acids is 4. The van der Waals surface area contributed by atoms with Crippen molar-refractivity contribution < 1.29 is 19.2 Å². The van der Waals surface area contributed by atoms with Crippen LogP contribution in [0.4, 0.5) is 5.69 Å². The standard InChI is InChI=1S/C18H13NO4S/c1-10(20)24-9-15(21)19-14-8-4-7-13-16(14)18(23)12-6-3-2-5-11(12)17(13)22/h2-8H,9H2,1H3,(H,19,21). The highest BCUT2D eigenvalue weighted by atomic mass is 32.2. The van der Waals surface area contributed by atoms with E-state index in [1.54, 1.807) is 42.5 Å². The Morgan fingerprint density at radius 1 is 0.917 bits per heavy atom. The average molecular weight is 339 g/mol. The van der Waals surface area contributed by atoms with Gasteiger partial charge in [0.2, 0.25) is 5.91 Å². The zero-order valence-electron chi connectivity index (χ0n) is 12.8. The molecule has 2 aromatic carbocycles. The van der Waals surface area contributed by atoms with E-state index in [9.17, 15) is 19.2 Å². The molecule has 0 aliphatic heterocycles. The molecular formula is C18H13NO4S. The van der Waals surface area contributed by atoms with E-state index in [0.29, 0.717) is 11.1 Å². The van der Waals surface area contributed by atoms with Crippen LogP contribution in [0, 0.1) is 0 Å². The van der Waals surface area contributed by atoms with Crippen LogP contribution in [0.5, 0.6) is 0 Å². The van der Waals surface area contributed by atoms with Gasteiger partial charge in [0.15, 0.2) is 16.7 Å². The number of hydrogen-bond donors (Lipinski definition) is 1. The molecule has 6 heteroatoms. The van der Waals surface area contributed by atoms with Crippen LogP contribution in [0.1, 0.15) is 38.8 Å². The summed E-state index contributed by atoms with van der Waals surface area (Å²) in [6, 6.07) is 11.4. The lowest BCUT2D eigenvalue weighted by atomic mass is 9.83. The van der Waals surface area contributed by atoms with Crippen molar-refractivity contribution in [3.8, 4) is 0 Å². The van der Waals surface area contributed by atoms with Gasteiger partial charge in [-0.3, -0.25) is 19.2 Å². The third kappa shape index (κ3) is 2.88. The van der Waals surface area contributed by atoms with Gasteiger partial charge in [0.05, 0.1) is 17.0 Å². The Morgan fingerprint density at radius 2 is 1.54 bits per heavy atom. The van der Waals surface area contributed by atoms with Crippen molar-refractivity contribution in [3.63, 3.8) is 0 Å². The molecule has 1 aliphatic carbocycles. The van der Waals surface area contributed by atoms with E-state index in [-0.39, 0.29) is 39.2 Å². The number of carbonyl (C=O) groups is 4. The van der Waals surface area contributed by atoms with Crippen molar-refractivity contribution in [2.75, 3.05) is 11.1 Å². The molecule has 0 aromatic heterocycles. The molecule has 120 valence electrons. The number of amides is 1. The van der Waals surface area contributed by atoms with Gasteiger partial charge in [-0.2, -0.15) is 0 Å². The summed E-state index contributed by atoms with van der Waals surface area (Å²) in [6.45, 7) is 1.38. The summed E-state index contributed by atoms with van der Waals surface area (Å²) in [5, 5.41) is 2.46. The highest BCUT2D eigenvalue weighted by molar-refractivity contribution is 8.14. The van der Waals surface area contributed by atoms with Crippen LogP contribution >= 0.6 is 11.8 Å². The van der Waals surface area contributed by atoms with Gasteiger partial charge in [-0.15, -0.1) is 0 Å². The zero-order valence-corrected chi connectivity index (χ0v) is 13.6. The van der Waals surface area contributed by atoms with Crippen molar-refractivity contribution >= 4 is 40.0 Å². The number of thioether (sulfide) groups is 1. The lowest BCUT2D eigenvalue weighted by Crippen LogP contribution is -2.24. The van der Waals surface area contributed by atoms with E-state index in [1.165, 1.54) is 6.92 Å². The number of rotatable bonds is 3. The van der Waals surface area contributed by atoms with E-state index < -0.39 is 5.91 Å². The summed E-state index contributed by atoms with van der Waals surface area (Å²) in [7, 11) is 0. The smallest absolute Gasteiger partial charge is 0.234 e. The van der Waals surface area contributed by atoms with E-state index in [2.05, 4.69) is 5.32 Å². The maximum absolute atomic E-state index is 12.8. The second-order valence-corrected chi connectivity index (χ2v) is 6.41. The first kappa shape index (κ1) is 16.1. The van der Waals surface area contributed by atoms with E-state index in [4.69, 9.17) is 0 Å². The van der Waals surface area contributed by atoms with Gasteiger partial charge in [0, 0.05) is 23.6 Å². The number of hydrogen-bond acceptors (Lipinski definition) is 5. The highest BCUT2D eigenvalue weighted by Crippen LogP contribution is 2.31. The third-order valence-electron chi connectivity index (χ3n) is 3.63. The number of fused-ring (bicyclic) bond motifs is 2. The van der Waals surface area contributed by atoms with Gasteiger partial charge in [-0.05, 0) is 6.07 Å². The molecule has 1 N–H and O–H groups in total. The first-order valence-electron chi connectivity index (χ1n) is 7.23. The second kappa shape index (κ2) is 6.41. The lowest BCUT2D eigenvalue weighted by Gasteiger charge is -2.20. The predicted octanol–water partition coefficient (Wildman–Crippen LogP) is 2.68. The minimum atomic E-state index is -0.400. The molecule has 24 heavy (non-hydrogen) atoms. The number of anilines is 1. The minimum Gasteiger partial charge on any atom is -0.325 e. The van der Waals surface area contributed by atoms with Crippen LogP contribution in [0.25, 0.3) is 0 Å². The van der Waals surface area contributed by atoms with E-state index in [0.717, 1.165) is 11.8 Å². The molecule has 0 atom stereocenters. The van der Waals surface area contributed by atoms with Crippen molar-refractivity contribution in [3.05, 3.63) is 64.7 Å². The Labute approximate surface area is 142 Å². The number of ketones is 2. The molecule has 0 radical (unpaired) electrons. The quantitative estimate of drug-likeness (QED) is 0.793. The zero-order chi connectivity index (χ0) is 17.3. The largest absolute Gasteiger partial charge is 0.325 e. The normalized spacial score (nSPS) is 12.4. The Balaban J connectivity index is 1.98. The summed E-state index contributed by atoms with van der Waals surface area (Å²) < 4.78 is 0. The fourth-order valence-corrected chi connectivity index (χ4v) is 3.01. The first-order chi connectivity index (χ1) is 11.5. The molecule has 0 fully saturated rings. The van der Waals surface area contributed by atoms with Gasteiger partial charge >= 0.3 is 0 Å². The molecule has 1 aliphatic rings. The van der Waals surface area contributed by atoms with Gasteiger partial charge in [0.1, 0.15) is 0 Å². The van der Waals surface area contributed by atoms with Gasteiger partial charge in [0.25, 0.3) is 0 Å². The summed E-state index contributed by atoms with van der Waals surface area (Å²) in [5.74, 6) is -0.981. The molecule has 0 bridgehead atoms. The summed E-state index contributed by atoms with van der Waals surface area (Å²) in [6.07, 6.45) is 0. The molecule has 5 nitrogen and oxygen atoms in total. The molecule has 2 aromatic rings. The first-order valence-corrected chi connectivity index (χ1v) is 8.22. The van der Waals surface area contributed by atoms with Crippen LogP contribution in [-0.2, 0) is 9.59 Å². The molecule has 0 unspecified atom stereocenters. The molecule has 0 saturated heterocycles. The van der Waals surface area contributed by atoms with Crippen LogP contribution in [-0.4, -0.2) is 28.3 Å². The maximum atomic E-state index is 12.8. The highest BCUT2D eigenvalue weighted by Gasteiger charge is 2.31. The third-order valence-corrected chi connectivity index (χ3v) is 4.45. The number of nitrogens with one attached hydrogen (secondary N) is 1. The maximum Gasteiger partial charge on any atom is 0.234 e. The predicted molar refractivity (Wildman–Crippen MR) is 91.5 cm³/mol. The van der Waals surface area contributed by atoms with Crippen molar-refractivity contribution in [2.45, 2.75) is 6.92 Å². The van der Waals surface area contributed by atoms with E-state index in [1.807, 2.05) is 0 Å². The van der Waals surface area contributed by atoms with Crippen molar-refractivity contribution in [1.29, 1.82) is 0 Å². The van der Waals surface area contributed by atoms with Gasteiger partial charge in [-0.25, -0.2) is 0 Å². The summed E-state index contributed by atoms with van der Waals surface area (Å²) in [5.41, 5.74) is 1.45. The molecule has 3 rings (SSSR count). The molecule has 1 amide bonds. The lowest BCUT2D eigenvalue weighted by molar-refractivity contribution is -0.114. The molecule has 0 saturated carbocycles. The van der Waals surface area contributed by atoms with Crippen molar-refractivity contribution in [1.82, 2.24) is 0 Å². The minimum absolute atomic E-state index is 0.0439. The summed E-state index contributed by atoms with van der Waals surface area (Å²) in [4.78, 5) is 48.3. The van der Waals surface area contributed by atoms with Gasteiger partial charge in [-0.1, -0.05) is 48.2 Å². The fourth-order valence-electron chi connectivity index (χ4n) is 2.60. The Kier molecular flexibility index (Phi) is 4.31. The topological polar surface area (TPSA) is 80.3 Å². The van der Waals surface area contributed by atoms with Crippen LogP contribution in [0.15, 0.2) is 42.5 Å². The van der Waals surface area contributed by atoms with Crippen LogP contribution < -0.4 is 5.32 Å².